The highest BCUT2D eigenvalue weighted by Crippen LogP contribution is 2.35. The van der Waals surface area contributed by atoms with Crippen LogP contribution in [0, 0.1) is 0 Å². The average Bonchev–Trinajstić information content (AvgIpc) is 2.46. The molecule has 3 heterocycles. The molecule has 23 heavy (non-hydrogen) atoms. The lowest BCUT2D eigenvalue weighted by molar-refractivity contribution is 0.0210. The van der Waals surface area contributed by atoms with Gasteiger partial charge in [-0.25, -0.2) is 4.79 Å². The molecule has 0 saturated carbocycles. The summed E-state index contributed by atoms with van der Waals surface area (Å²) < 4.78 is 5.49. The van der Waals surface area contributed by atoms with E-state index < -0.39 is 5.60 Å². The van der Waals surface area contributed by atoms with E-state index in [1.54, 1.807) is 4.90 Å². The molecule has 1 N–H and O–H groups in total. The van der Waals surface area contributed by atoms with Crippen LogP contribution in [0.15, 0.2) is 6.07 Å². The van der Waals surface area contributed by atoms with Crippen molar-refractivity contribution in [1.82, 2.24) is 15.1 Å². The third-order valence-electron chi connectivity index (χ3n) is 4.07. The quantitative estimate of drug-likeness (QED) is 0.782. The van der Waals surface area contributed by atoms with E-state index in [4.69, 9.17) is 16.3 Å². The Labute approximate surface area is 140 Å². The van der Waals surface area contributed by atoms with Gasteiger partial charge in [0.2, 0.25) is 0 Å². The van der Waals surface area contributed by atoms with Crippen molar-refractivity contribution in [3.05, 3.63) is 11.2 Å². The van der Waals surface area contributed by atoms with Gasteiger partial charge in [0, 0.05) is 31.7 Å². The number of anilines is 2. The fraction of sp³-hybridized carbons (Fsp3) is 0.667. The third kappa shape index (κ3) is 3.29. The molecule has 0 bridgehead atoms. The van der Waals surface area contributed by atoms with Crippen molar-refractivity contribution >= 4 is 29.2 Å². The number of amides is 1. The minimum absolute atomic E-state index is 0.142. The number of carbonyl (C=O) groups is 1. The summed E-state index contributed by atoms with van der Waals surface area (Å²) in [4.78, 5) is 16.3. The lowest BCUT2D eigenvalue weighted by Crippen LogP contribution is -2.62. The summed E-state index contributed by atoms with van der Waals surface area (Å²) in [6.07, 6.45) is -0.263. The van der Waals surface area contributed by atoms with E-state index in [1.807, 2.05) is 26.8 Å². The lowest BCUT2D eigenvalue weighted by Gasteiger charge is -2.48. The van der Waals surface area contributed by atoms with Gasteiger partial charge in [0.05, 0.1) is 11.7 Å². The second-order valence-electron chi connectivity index (χ2n) is 7.02. The number of fused-ring (bicyclic) bond motifs is 3. The highest BCUT2D eigenvalue weighted by Gasteiger charge is 2.39. The number of aromatic nitrogens is 2. The molecule has 1 aromatic rings. The molecule has 0 aromatic carbocycles. The van der Waals surface area contributed by atoms with Crippen molar-refractivity contribution in [1.29, 1.82) is 0 Å². The van der Waals surface area contributed by atoms with Crippen LogP contribution in [0.25, 0.3) is 0 Å². The van der Waals surface area contributed by atoms with E-state index >= 15 is 0 Å². The van der Waals surface area contributed by atoms with Crippen molar-refractivity contribution in [3.8, 4) is 0 Å². The summed E-state index contributed by atoms with van der Waals surface area (Å²) >= 11 is 5.98. The van der Waals surface area contributed by atoms with Crippen LogP contribution in [0.4, 0.5) is 16.3 Å². The van der Waals surface area contributed by atoms with Crippen molar-refractivity contribution in [2.24, 2.45) is 0 Å². The summed E-state index contributed by atoms with van der Waals surface area (Å²) in [5.41, 5.74) is 0.456. The minimum Gasteiger partial charge on any atom is -0.444 e. The van der Waals surface area contributed by atoms with Crippen molar-refractivity contribution < 1.29 is 9.53 Å². The van der Waals surface area contributed by atoms with Crippen molar-refractivity contribution in [2.45, 2.75) is 45.4 Å². The molecule has 2 aliphatic rings. The SMILES string of the molecule is C[C@H]1Nc2nnc(Cl)cc2N2CCN(C(=O)OC(C)(C)C)C[C@@H]12. The highest BCUT2D eigenvalue weighted by atomic mass is 35.5. The molecule has 1 aromatic heterocycles. The van der Waals surface area contributed by atoms with E-state index in [0.717, 1.165) is 11.5 Å². The Morgan fingerprint density at radius 3 is 2.83 bits per heavy atom. The number of piperazine rings is 1. The fourth-order valence-electron chi connectivity index (χ4n) is 3.02. The predicted molar refractivity (Wildman–Crippen MR) is 89.1 cm³/mol. The molecule has 0 aliphatic carbocycles. The number of carbonyl (C=O) groups excluding carboxylic acids is 1. The first-order valence-corrected chi connectivity index (χ1v) is 8.17. The summed E-state index contributed by atoms with van der Waals surface area (Å²) in [6.45, 7) is 9.63. The first kappa shape index (κ1) is 16.1. The Hall–Kier alpha value is -1.76. The van der Waals surface area contributed by atoms with Gasteiger partial charge >= 0.3 is 6.09 Å². The van der Waals surface area contributed by atoms with Gasteiger partial charge in [-0.05, 0) is 27.7 Å². The molecule has 126 valence electrons. The van der Waals surface area contributed by atoms with E-state index in [-0.39, 0.29) is 18.2 Å². The van der Waals surface area contributed by atoms with Gasteiger partial charge < -0.3 is 19.9 Å². The van der Waals surface area contributed by atoms with Crippen LogP contribution in [0.5, 0.6) is 0 Å². The lowest BCUT2D eigenvalue weighted by atomic mass is 10.0. The van der Waals surface area contributed by atoms with Crippen LogP contribution < -0.4 is 10.2 Å². The molecule has 8 heteroatoms. The summed E-state index contributed by atoms with van der Waals surface area (Å²) in [5.74, 6) is 0.740. The standard InChI is InChI=1S/C15H22ClN5O2/c1-9-11-8-20(14(22)23-15(2,3)4)5-6-21(11)10-7-12(16)18-19-13(10)17-9/h7,9,11H,5-6,8H2,1-4H3,(H,17,19)/t9-,11+/m1/s1. The molecular weight excluding hydrogens is 318 g/mol. The van der Waals surface area contributed by atoms with Crippen LogP contribution >= 0.6 is 11.6 Å². The summed E-state index contributed by atoms with van der Waals surface area (Å²) in [7, 11) is 0. The van der Waals surface area contributed by atoms with E-state index in [9.17, 15) is 4.79 Å². The third-order valence-corrected chi connectivity index (χ3v) is 4.25. The minimum atomic E-state index is -0.486. The Kier molecular flexibility index (Phi) is 4.00. The molecule has 7 nitrogen and oxygen atoms in total. The summed E-state index contributed by atoms with van der Waals surface area (Å²) in [6, 6.07) is 2.10. The molecule has 2 aliphatic heterocycles. The number of nitrogens with one attached hydrogen (secondary N) is 1. The van der Waals surface area contributed by atoms with Crippen LogP contribution in [-0.4, -0.2) is 58.5 Å². The number of ether oxygens (including phenoxy) is 1. The molecule has 1 saturated heterocycles. The monoisotopic (exact) mass is 339 g/mol. The fourth-order valence-corrected chi connectivity index (χ4v) is 3.16. The highest BCUT2D eigenvalue weighted by molar-refractivity contribution is 6.29. The van der Waals surface area contributed by atoms with Gasteiger partial charge in [0.15, 0.2) is 11.0 Å². The van der Waals surface area contributed by atoms with Gasteiger partial charge in [-0.3, -0.25) is 0 Å². The number of hydrogen-bond donors (Lipinski definition) is 1. The predicted octanol–water partition coefficient (Wildman–Crippen LogP) is 2.37. The zero-order valence-corrected chi connectivity index (χ0v) is 14.6. The Morgan fingerprint density at radius 2 is 2.13 bits per heavy atom. The Morgan fingerprint density at radius 1 is 1.39 bits per heavy atom. The molecule has 0 radical (unpaired) electrons. The maximum absolute atomic E-state index is 12.3. The molecule has 0 unspecified atom stereocenters. The van der Waals surface area contributed by atoms with Gasteiger partial charge in [0.1, 0.15) is 5.60 Å². The number of hydrogen-bond acceptors (Lipinski definition) is 6. The van der Waals surface area contributed by atoms with E-state index in [0.29, 0.717) is 24.8 Å². The largest absolute Gasteiger partial charge is 0.444 e. The van der Waals surface area contributed by atoms with Gasteiger partial charge in [0.25, 0.3) is 0 Å². The maximum Gasteiger partial charge on any atom is 0.410 e. The molecular formula is C15H22ClN5O2. The van der Waals surface area contributed by atoms with Crippen molar-refractivity contribution in [3.63, 3.8) is 0 Å². The Balaban J connectivity index is 1.78. The summed E-state index contributed by atoms with van der Waals surface area (Å²) in [5, 5.41) is 11.7. The molecule has 0 spiro atoms. The van der Waals surface area contributed by atoms with Gasteiger partial charge in [-0.1, -0.05) is 11.6 Å². The molecule has 1 fully saturated rings. The topological polar surface area (TPSA) is 70.6 Å². The second kappa shape index (κ2) is 5.70. The number of nitrogens with zero attached hydrogens (tertiary/aromatic N) is 4. The first-order chi connectivity index (χ1) is 10.7. The maximum atomic E-state index is 12.3. The van der Waals surface area contributed by atoms with Crippen LogP contribution in [-0.2, 0) is 4.74 Å². The van der Waals surface area contributed by atoms with Crippen LogP contribution in [0.2, 0.25) is 5.15 Å². The Bertz CT molecular complexity index is 618. The van der Waals surface area contributed by atoms with Crippen molar-refractivity contribution in [2.75, 3.05) is 29.9 Å². The zero-order valence-electron chi connectivity index (χ0n) is 13.8. The normalized spacial score (nSPS) is 23.7. The van der Waals surface area contributed by atoms with E-state index in [2.05, 4.69) is 27.3 Å². The number of halogens is 1. The first-order valence-electron chi connectivity index (χ1n) is 7.79. The molecule has 1 amide bonds. The molecule has 3 rings (SSSR count). The average molecular weight is 340 g/mol. The van der Waals surface area contributed by atoms with Crippen LogP contribution in [0.3, 0.4) is 0 Å². The van der Waals surface area contributed by atoms with Gasteiger partial charge in [-0.15, -0.1) is 10.2 Å². The van der Waals surface area contributed by atoms with Gasteiger partial charge in [-0.2, -0.15) is 0 Å². The second-order valence-corrected chi connectivity index (χ2v) is 7.41. The molecule has 2 atom stereocenters. The number of rotatable bonds is 0. The zero-order chi connectivity index (χ0) is 16.8. The van der Waals surface area contributed by atoms with Crippen LogP contribution in [0.1, 0.15) is 27.7 Å². The van der Waals surface area contributed by atoms with E-state index in [1.165, 1.54) is 0 Å². The smallest absolute Gasteiger partial charge is 0.410 e.